The van der Waals surface area contributed by atoms with E-state index in [0.29, 0.717) is 28.7 Å². The average molecular weight is 287 g/mol. The molecule has 0 fully saturated rings. The van der Waals surface area contributed by atoms with Gasteiger partial charge in [0.15, 0.2) is 5.78 Å². The molecule has 0 radical (unpaired) electrons. The molecule has 0 heterocycles. The molecule has 1 aromatic carbocycles. The molecule has 0 aliphatic carbocycles. The van der Waals surface area contributed by atoms with E-state index in [1.807, 2.05) is 19.9 Å². The van der Waals surface area contributed by atoms with Gasteiger partial charge in [0.2, 0.25) is 0 Å². The van der Waals surface area contributed by atoms with Gasteiger partial charge in [-0.1, -0.05) is 18.5 Å². The van der Waals surface area contributed by atoms with Crippen molar-refractivity contribution in [3.05, 3.63) is 28.3 Å². The Balaban J connectivity index is 2.91. The van der Waals surface area contributed by atoms with Crippen molar-refractivity contribution >= 4 is 29.1 Å². The first kappa shape index (κ1) is 15.4. The van der Waals surface area contributed by atoms with Gasteiger partial charge in [0.25, 0.3) is 0 Å². The van der Waals surface area contributed by atoms with Gasteiger partial charge in [0.1, 0.15) is 5.75 Å². The normalized spacial score (nSPS) is 10.4. The lowest BCUT2D eigenvalue weighted by atomic mass is 10.1. The fourth-order valence-electron chi connectivity index (χ4n) is 1.53. The van der Waals surface area contributed by atoms with Crippen molar-refractivity contribution in [1.82, 2.24) is 0 Å². The van der Waals surface area contributed by atoms with Crippen LogP contribution in [0, 0.1) is 6.92 Å². The van der Waals surface area contributed by atoms with E-state index < -0.39 is 0 Å². The second-order valence-corrected chi connectivity index (χ2v) is 5.52. The first-order valence-electron chi connectivity index (χ1n) is 6.14. The molecule has 0 aliphatic heterocycles. The number of hydrogen-bond donors (Lipinski definition) is 0. The molecule has 2 nitrogen and oxygen atoms in total. The maximum absolute atomic E-state index is 12.1. The van der Waals surface area contributed by atoms with Gasteiger partial charge in [-0.2, -0.15) is 11.8 Å². The van der Waals surface area contributed by atoms with Gasteiger partial charge in [0, 0.05) is 5.02 Å². The van der Waals surface area contributed by atoms with Gasteiger partial charge < -0.3 is 4.74 Å². The van der Waals surface area contributed by atoms with Crippen LogP contribution in [0.4, 0.5) is 0 Å². The predicted molar refractivity (Wildman–Crippen MR) is 79.3 cm³/mol. The minimum absolute atomic E-state index is 0.0822. The first-order valence-corrected chi connectivity index (χ1v) is 7.67. The van der Waals surface area contributed by atoms with Crippen LogP contribution < -0.4 is 4.74 Å². The zero-order valence-electron chi connectivity index (χ0n) is 11.1. The van der Waals surface area contributed by atoms with Crippen molar-refractivity contribution in [3.8, 4) is 5.75 Å². The number of aryl methyl sites for hydroxylation is 1. The molecule has 1 aromatic rings. The SMILES string of the molecule is CCCSCC(=O)c1cc(Cl)c(C)cc1OCC. The Morgan fingerprint density at radius 1 is 1.39 bits per heavy atom. The summed E-state index contributed by atoms with van der Waals surface area (Å²) in [6.07, 6.45) is 1.07. The molecule has 0 saturated carbocycles. The number of carbonyl (C=O) groups is 1. The van der Waals surface area contributed by atoms with Crippen molar-refractivity contribution in [3.63, 3.8) is 0 Å². The third kappa shape index (κ3) is 4.21. The maximum Gasteiger partial charge on any atom is 0.176 e. The lowest BCUT2D eigenvalue weighted by Gasteiger charge is -2.11. The molecule has 0 saturated heterocycles. The molecule has 18 heavy (non-hydrogen) atoms. The number of ether oxygens (including phenoxy) is 1. The van der Waals surface area contributed by atoms with Crippen LogP contribution in [0.25, 0.3) is 0 Å². The van der Waals surface area contributed by atoms with E-state index in [-0.39, 0.29) is 5.78 Å². The molecule has 0 amide bonds. The van der Waals surface area contributed by atoms with Gasteiger partial charge in [-0.3, -0.25) is 4.79 Å². The van der Waals surface area contributed by atoms with Crippen LogP contribution in [-0.2, 0) is 0 Å². The fourth-order valence-corrected chi connectivity index (χ4v) is 2.47. The summed E-state index contributed by atoms with van der Waals surface area (Å²) in [6.45, 7) is 6.46. The standard InChI is InChI=1S/C14H19ClO2S/c1-4-6-18-9-13(16)11-8-12(15)10(3)7-14(11)17-5-2/h7-8H,4-6,9H2,1-3H3. The zero-order chi connectivity index (χ0) is 13.5. The van der Waals surface area contributed by atoms with Crippen LogP contribution in [0.5, 0.6) is 5.75 Å². The highest BCUT2D eigenvalue weighted by atomic mass is 35.5. The summed E-state index contributed by atoms with van der Waals surface area (Å²) in [5.74, 6) is 2.20. The Kier molecular flexibility index (Phi) is 6.58. The lowest BCUT2D eigenvalue weighted by Crippen LogP contribution is -2.07. The van der Waals surface area contributed by atoms with Gasteiger partial charge in [-0.25, -0.2) is 0 Å². The summed E-state index contributed by atoms with van der Waals surface area (Å²) in [7, 11) is 0. The summed E-state index contributed by atoms with van der Waals surface area (Å²) in [4.78, 5) is 12.1. The third-order valence-electron chi connectivity index (χ3n) is 2.44. The number of rotatable bonds is 7. The summed E-state index contributed by atoms with van der Waals surface area (Å²) < 4.78 is 5.51. The number of hydrogen-bond acceptors (Lipinski definition) is 3. The highest BCUT2D eigenvalue weighted by Gasteiger charge is 2.14. The van der Waals surface area contributed by atoms with Crippen LogP contribution in [0.3, 0.4) is 0 Å². The third-order valence-corrected chi connectivity index (χ3v) is 4.01. The molecule has 4 heteroatoms. The van der Waals surface area contributed by atoms with Gasteiger partial charge in [-0.15, -0.1) is 0 Å². The van der Waals surface area contributed by atoms with Gasteiger partial charge >= 0.3 is 0 Å². The molecule has 0 atom stereocenters. The maximum atomic E-state index is 12.1. The molecular weight excluding hydrogens is 268 g/mol. The van der Waals surface area contributed by atoms with Crippen molar-refractivity contribution in [2.24, 2.45) is 0 Å². The summed E-state index contributed by atoms with van der Waals surface area (Å²) in [5.41, 5.74) is 1.52. The summed E-state index contributed by atoms with van der Waals surface area (Å²) in [6, 6.07) is 3.56. The van der Waals surface area contributed by atoms with E-state index >= 15 is 0 Å². The lowest BCUT2D eigenvalue weighted by molar-refractivity contribution is 0.101. The number of halogens is 1. The monoisotopic (exact) mass is 286 g/mol. The van der Waals surface area contributed by atoms with Crippen molar-refractivity contribution in [2.45, 2.75) is 27.2 Å². The first-order chi connectivity index (χ1) is 8.60. The van der Waals surface area contributed by atoms with Gasteiger partial charge in [-0.05, 0) is 43.7 Å². The smallest absolute Gasteiger partial charge is 0.176 e. The molecule has 0 spiro atoms. The Hall–Kier alpha value is -0.670. The molecule has 1 rings (SSSR count). The topological polar surface area (TPSA) is 26.3 Å². The van der Waals surface area contributed by atoms with E-state index in [1.54, 1.807) is 17.8 Å². The van der Waals surface area contributed by atoms with Crippen LogP contribution in [-0.4, -0.2) is 23.9 Å². The number of thioether (sulfide) groups is 1. The zero-order valence-corrected chi connectivity index (χ0v) is 12.7. The minimum Gasteiger partial charge on any atom is -0.493 e. The van der Waals surface area contributed by atoms with E-state index in [0.717, 1.165) is 17.7 Å². The van der Waals surface area contributed by atoms with Crippen molar-refractivity contribution in [1.29, 1.82) is 0 Å². The van der Waals surface area contributed by atoms with Crippen molar-refractivity contribution in [2.75, 3.05) is 18.1 Å². The summed E-state index contributed by atoms with van der Waals surface area (Å²) in [5, 5.41) is 0.613. The number of ketones is 1. The molecule has 0 N–H and O–H groups in total. The highest BCUT2D eigenvalue weighted by Crippen LogP contribution is 2.28. The van der Waals surface area contributed by atoms with Crippen LogP contribution >= 0.6 is 23.4 Å². The second kappa shape index (κ2) is 7.70. The summed E-state index contributed by atoms with van der Waals surface area (Å²) >= 11 is 7.72. The Morgan fingerprint density at radius 2 is 2.11 bits per heavy atom. The molecule has 0 aromatic heterocycles. The van der Waals surface area contributed by atoms with Gasteiger partial charge in [0.05, 0.1) is 17.9 Å². The van der Waals surface area contributed by atoms with Crippen LogP contribution in [0.15, 0.2) is 12.1 Å². The minimum atomic E-state index is 0.0822. The van der Waals surface area contributed by atoms with Crippen LogP contribution in [0.2, 0.25) is 5.02 Å². The number of benzene rings is 1. The Labute approximate surface area is 118 Å². The van der Waals surface area contributed by atoms with E-state index in [9.17, 15) is 4.79 Å². The fraction of sp³-hybridized carbons (Fsp3) is 0.500. The largest absolute Gasteiger partial charge is 0.493 e. The van der Waals surface area contributed by atoms with Crippen molar-refractivity contribution < 1.29 is 9.53 Å². The molecule has 0 bridgehead atoms. The highest BCUT2D eigenvalue weighted by molar-refractivity contribution is 7.99. The molecule has 0 aliphatic rings. The van der Waals surface area contributed by atoms with E-state index in [4.69, 9.17) is 16.3 Å². The predicted octanol–water partition coefficient (Wildman–Crippen LogP) is 4.37. The second-order valence-electron chi connectivity index (χ2n) is 4.01. The molecular formula is C14H19ClO2S. The number of carbonyl (C=O) groups excluding carboxylic acids is 1. The van der Waals surface area contributed by atoms with Crippen LogP contribution in [0.1, 0.15) is 36.2 Å². The van der Waals surface area contributed by atoms with E-state index in [2.05, 4.69) is 6.92 Å². The molecule has 100 valence electrons. The Morgan fingerprint density at radius 3 is 2.72 bits per heavy atom. The average Bonchev–Trinajstić information content (AvgIpc) is 2.34. The number of Topliss-reactive ketones (excluding diaryl/α,β-unsaturated/α-hetero) is 1. The Bertz CT molecular complexity index is 419. The molecule has 0 unspecified atom stereocenters. The van der Waals surface area contributed by atoms with E-state index in [1.165, 1.54) is 0 Å². The quantitative estimate of drug-likeness (QED) is 0.550.